The SMILES string of the molecule is Cc1ccc(C2C(C(=O)c3sc(C)nc3C)=C(O)C(=O)N2c2ccccc2O)o1. The zero-order chi connectivity index (χ0) is 20.9. The number of carbonyl (C=O) groups excluding carboxylic acids is 2. The molecule has 1 amide bonds. The lowest BCUT2D eigenvalue weighted by Crippen LogP contribution is -2.30. The van der Waals surface area contributed by atoms with Crippen molar-refractivity contribution in [1.29, 1.82) is 0 Å². The number of aryl methyl sites for hydroxylation is 3. The number of aliphatic hydroxyl groups is 1. The van der Waals surface area contributed by atoms with Crippen LogP contribution in [0.15, 0.2) is 52.1 Å². The predicted octanol–water partition coefficient (Wildman–Crippen LogP) is 4.15. The molecule has 1 aliphatic rings. The molecule has 0 bridgehead atoms. The number of benzene rings is 1. The zero-order valence-electron chi connectivity index (χ0n) is 16.0. The first-order valence-corrected chi connectivity index (χ1v) is 9.71. The average molecular weight is 410 g/mol. The van der Waals surface area contributed by atoms with E-state index in [1.165, 1.54) is 22.3 Å². The highest BCUT2D eigenvalue weighted by Crippen LogP contribution is 2.45. The molecule has 0 spiro atoms. The molecule has 7 nitrogen and oxygen atoms in total. The third-order valence-corrected chi connectivity index (χ3v) is 5.81. The number of nitrogens with zero attached hydrogens (tertiary/aromatic N) is 2. The summed E-state index contributed by atoms with van der Waals surface area (Å²) in [7, 11) is 0. The Morgan fingerprint density at radius 3 is 2.45 bits per heavy atom. The standard InChI is InChI=1S/C21H18N2O5S/c1-10-8-9-15(28-10)17-16(18(25)20-11(2)22-12(3)29-20)19(26)21(27)23(17)13-6-4-5-7-14(13)24/h4-9,17,24,26H,1-3H3. The van der Waals surface area contributed by atoms with Crippen LogP contribution in [0.2, 0.25) is 0 Å². The number of hydrogen-bond acceptors (Lipinski definition) is 7. The fourth-order valence-corrected chi connectivity index (χ4v) is 4.36. The summed E-state index contributed by atoms with van der Waals surface area (Å²) in [4.78, 5) is 32.1. The Bertz CT molecular complexity index is 1170. The third-order valence-electron chi connectivity index (χ3n) is 4.73. The number of ketones is 1. The largest absolute Gasteiger partial charge is 0.506 e. The highest BCUT2D eigenvalue weighted by molar-refractivity contribution is 7.14. The van der Waals surface area contributed by atoms with Gasteiger partial charge in [0.05, 0.1) is 26.8 Å². The van der Waals surface area contributed by atoms with Gasteiger partial charge in [-0.05, 0) is 45.0 Å². The number of phenolic OH excluding ortho intramolecular Hbond substituents is 1. The fourth-order valence-electron chi connectivity index (χ4n) is 3.49. The normalized spacial score (nSPS) is 16.7. The molecule has 148 valence electrons. The maximum absolute atomic E-state index is 13.4. The number of furan rings is 1. The second-order valence-corrected chi connectivity index (χ2v) is 7.96. The van der Waals surface area contributed by atoms with Crippen LogP contribution in [0.4, 0.5) is 5.69 Å². The molecule has 0 aliphatic carbocycles. The van der Waals surface area contributed by atoms with Gasteiger partial charge in [0, 0.05) is 0 Å². The second kappa shape index (κ2) is 6.89. The van der Waals surface area contributed by atoms with Crippen LogP contribution in [0.1, 0.15) is 37.9 Å². The Labute approximate surface area is 170 Å². The van der Waals surface area contributed by atoms with Crippen molar-refractivity contribution in [3.05, 3.63) is 74.8 Å². The quantitative estimate of drug-likeness (QED) is 0.626. The van der Waals surface area contributed by atoms with Gasteiger partial charge < -0.3 is 14.6 Å². The number of para-hydroxylation sites is 2. The summed E-state index contributed by atoms with van der Waals surface area (Å²) in [5.74, 6) is -1.19. The van der Waals surface area contributed by atoms with E-state index in [9.17, 15) is 19.8 Å². The minimum Gasteiger partial charge on any atom is -0.506 e. The van der Waals surface area contributed by atoms with Crippen molar-refractivity contribution in [1.82, 2.24) is 4.98 Å². The molecule has 3 heterocycles. The van der Waals surface area contributed by atoms with Gasteiger partial charge in [0.1, 0.15) is 23.3 Å². The average Bonchev–Trinajstić information content (AvgIpc) is 3.32. The third kappa shape index (κ3) is 3.01. The summed E-state index contributed by atoms with van der Waals surface area (Å²) < 4.78 is 5.72. The highest BCUT2D eigenvalue weighted by Gasteiger charge is 2.47. The summed E-state index contributed by atoms with van der Waals surface area (Å²) in [5, 5.41) is 21.7. The van der Waals surface area contributed by atoms with Gasteiger partial charge in [-0.15, -0.1) is 11.3 Å². The Hall–Kier alpha value is -3.39. The van der Waals surface area contributed by atoms with Gasteiger partial charge in [0.25, 0.3) is 5.91 Å². The van der Waals surface area contributed by atoms with E-state index < -0.39 is 23.5 Å². The molecule has 2 aromatic heterocycles. The molecule has 8 heteroatoms. The lowest BCUT2D eigenvalue weighted by Gasteiger charge is -2.25. The number of aromatic nitrogens is 1. The van der Waals surface area contributed by atoms with Crippen LogP contribution >= 0.6 is 11.3 Å². The molecule has 1 aliphatic heterocycles. The molecule has 1 atom stereocenters. The van der Waals surface area contributed by atoms with Crippen molar-refractivity contribution in [2.24, 2.45) is 0 Å². The summed E-state index contributed by atoms with van der Waals surface area (Å²) >= 11 is 1.20. The number of phenols is 1. The molecular formula is C21H18N2O5S. The van der Waals surface area contributed by atoms with Crippen LogP contribution in [0, 0.1) is 20.8 Å². The van der Waals surface area contributed by atoms with Gasteiger partial charge in [0.2, 0.25) is 5.78 Å². The van der Waals surface area contributed by atoms with E-state index in [-0.39, 0.29) is 17.0 Å². The zero-order valence-corrected chi connectivity index (χ0v) is 16.8. The van der Waals surface area contributed by atoms with Crippen molar-refractivity contribution in [3.63, 3.8) is 0 Å². The number of anilines is 1. The summed E-state index contributed by atoms with van der Waals surface area (Å²) in [6.45, 7) is 5.23. The molecular weight excluding hydrogens is 392 g/mol. The first-order valence-electron chi connectivity index (χ1n) is 8.89. The van der Waals surface area contributed by atoms with Crippen molar-refractivity contribution in [2.45, 2.75) is 26.8 Å². The van der Waals surface area contributed by atoms with Crippen molar-refractivity contribution >= 4 is 28.7 Å². The van der Waals surface area contributed by atoms with E-state index in [1.54, 1.807) is 51.1 Å². The van der Waals surface area contributed by atoms with Crippen LogP contribution in [0.5, 0.6) is 5.75 Å². The van der Waals surface area contributed by atoms with E-state index in [1.807, 2.05) is 0 Å². The number of hydrogen-bond donors (Lipinski definition) is 2. The lowest BCUT2D eigenvalue weighted by atomic mass is 9.99. The van der Waals surface area contributed by atoms with Crippen molar-refractivity contribution in [3.8, 4) is 5.75 Å². The first kappa shape index (κ1) is 18.9. The molecule has 1 unspecified atom stereocenters. The minimum absolute atomic E-state index is 0.0978. The fraction of sp³-hybridized carbons (Fsp3) is 0.190. The number of rotatable bonds is 4. The number of aromatic hydroxyl groups is 1. The highest BCUT2D eigenvalue weighted by atomic mass is 32.1. The Balaban J connectivity index is 1.91. The topological polar surface area (TPSA) is 104 Å². The molecule has 0 saturated carbocycles. The van der Waals surface area contributed by atoms with Crippen LogP contribution < -0.4 is 4.90 Å². The maximum atomic E-state index is 13.4. The number of thiazole rings is 1. The summed E-state index contributed by atoms with van der Waals surface area (Å²) in [6.07, 6.45) is 0. The van der Waals surface area contributed by atoms with Crippen LogP contribution in [-0.4, -0.2) is 26.9 Å². The lowest BCUT2D eigenvalue weighted by molar-refractivity contribution is -0.117. The maximum Gasteiger partial charge on any atom is 0.294 e. The molecule has 0 radical (unpaired) electrons. The number of Topliss-reactive ketones (excluding diaryl/α,β-unsaturated/α-hetero) is 1. The molecule has 0 fully saturated rings. The summed E-state index contributed by atoms with van der Waals surface area (Å²) in [6, 6.07) is 8.59. The number of aliphatic hydroxyl groups excluding tert-OH is 1. The van der Waals surface area contributed by atoms with E-state index in [2.05, 4.69) is 4.98 Å². The monoisotopic (exact) mass is 410 g/mol. The van der Waals surface area contributed by atoms with Gasteiger partial charge >= 0.3 is 0 Å². The number of amides is 1. The van der Waals surface area contributed by atoms with E-state index >= 15 is 0 Å². The molecule has 2 N–H and O–H groups in total. The second-order valence-electron chi connectivity index (χ2n) is 6.75. The van der Waals surface area contributed by atoms with E-state index in [4.69, 9.17) is 4.42 Å². The first-order chi connectivity index (χ1) is 13.8. The Morgan fingerprint density at radius 2 is 1.86 bits per heavy atom. The van der Waals surface area contributed by atoms with Crippen LogP contribution in [0.25, 0.3) is 0 Å². The molecule has 1 aromatic carbocycles. The van der Waals surface area contributed by atoms with Crippen molar-refractivity contribution in [2.75, 3.05) is 4.90 Å². The van der Waals surface area contributed by atoms with Gasteiger partial charge in [-0.2, -0.15) is 0 Å². The summed E-state index contributed by atoms with van der Waals surface area (Å²) in [5.41, 5.74) is 0.600. The molecule has 4 rings (SSSR count). The Kier molecular flexibility index (Phi) is 4.50. The minimum atomic E-state index is -1.01. The van der Waals surface area contributed by atoms with E-state index in [0.29, 0.717) is 27.1 Å². The van der Waals surface area contributed by atoms with Crippen LogP contribution in [-0.2, 0) is 4.79 Å². The van der Waals surface area contributed by atoms with Crippen molar-refractivity contribution < 1.29 is 24.2 Å². The van der Waals surface area contributed by atoms with Gasteiger partial charge in [-0.25, -0.2) is 4.98 Å². The molecule has 3 aromatic rings. The number of carbonyl (C=O) groups is 2. The van der Waals surface area contributed by atoms with E-state index in [0.717, 1.165) is 0 Å². The van der Waals surface area contributed by atoms with Gasteiger partial charge in [-0.1, -0.05) is 12.1 Å². The molecule has 29 heavy (non-hydrogen) atoms. The predicted molar refractivity (Wildman–Crippen MR) is 107 cm³/mol. The van der Waals surface area contributed by atoms with Gasteiger partial charge in [0.15, 0.2) is 5.76 Å². The smallest absolute Gasteiger partial charge is 0.294 e. The van der Waals surface area contributed by atoms with Crippen LogP contribution in [0.3, 0.4) is 0 Å². The molecule has 0 saturated heterocycles. The van der Waals surface area contributed by atoms with Gasteiger partial charge in [-0.3, -0.25) is 14.5 Å². The Morgan fingerprint density at radius 1 is 1.14 bits per heavy atom.